The number of anilines is 2. The molecule has 0 aliphatic rings. The first-order chi connectivity index (χ1) is 11.5. The lowest BCUT2D eigenvalue weighted by Gasteiger charge is -2.10. The Morgan fingerprint density at radius 2 is 1.92 bits per heavy atom. The van der Waals surface area contributed by atoms with Crippen LogP contribution in [0.3, 0.4) is 0 Å². The van der Waals surface area contributed by atoms with E-state index in [4.69, 9.17) is 0 Å². The van der Waals surface area contributed by atoms with E-state index in [-0.39, 0.29) is 17.9 Å². The van der Waals surface area contributed by atoms with E-state index in [1.54, 1.807) is 0 Å². The average molecular weight is 330 g/mol. The van der Waals surface area contributed by atoms with Crippen LogP contribution in [-0.4, -0.2) is 25.5 Å². The summed E-state index contributed by atoms with van der Waals surface area (Å²) in [5.41, 5.74) is 2.20. The Morgan fingerprint density at radius 3 is 2.62 bits per heavy atom. The van der Waals surface area contributed by atoms with Crippen molar-refractivity contribution in [1.82, 2.24) is 0 Å². The quantitative estimate of drug-likeness (QED) is 0.797. The van der Waals surface area contributed by atoms with Crippen LogP contribution in [0.1, 0.15) is 22.3 Å². The number of hydrogen-bond acceptors (Lipinski definition) is 4. The minimum Gasteiger partial charge on any atom is -0.465 e. The minimum atomic E-state index is -0.787. The molecule has 0 unspecified atom stereocenters. The Kier molecular flexibility index (Phi) is 5.89. The van der Waals surface area contributed by atoms with E-state index in [2.05, 4.69) is 15.4 Å². The van der Waals surface area contributed by atoms with Gasteiger partial charge in [0.1, 0.15) is 5.82 Å². The van der Waals surface area contributed by atoms with Gasteiger partial charge in [-0.1, -0.05) is 18.2 Å². The number of esters is 1. The van der Waals surface area contributed by atoms with E-state index in [9.17, 15) is 14.0 Å². The van der Waals surface area contributed by atoms with E-state index in [0.29, 0.717) is 12.2 Å². The van der Waals surface area contributed by atoms with Gasteiger partial charge < -0.3 is 15.4 Å². The maximum absolute atomic E-state index is 13.5. The number of nitrogens with one attached hydrogen (secondary N) is 2. The lowest BCUT2D eigenvalue weighted by Crippen LogP contribution is -2.17. The normalized spacial score (nSPS) is 10.1. The fourth-order valence-electron chi connectivity index (χ4n) is 2.17. The van der Waals surface area contributed by atoms with Crippen molar-refractivity contribution in [1.29, 1.82) is 0 Å². The highest BCUT2D eigenvalue weighted by molar-refractivity contribution is 5.94. The molecule has 6 heteroatoms. The number of hydrogen-bond donors (Lipinski definition) is 2. The molecular weight excluding hydrogens is 311 g/mol. The van der Waals surface area contributed by atoms with Gasteiger partial charge in [-0.3, -0.25) is 4.79 Å². The molecule has 0 saturated carbocycles. The molecule has 0 fully saturated rings. The number of methoxy groups -OCH3 is 1. The maximum Gasteiger partial charge on any atom is 0.340 e. The first-order valence-electron chi connectivity index (χ1n) is 7.48. The summed E-state index contributed by atoms with van der Waals surface area (Å²) in [6.45, 7) is 2.44. The predicted octanol–water partition coefficient (Wildman–Crippen LogP) is 3.36. The molecule has 2 aromatic rings. The number of aryl methyl sites for hydroxylation is 1. The third kappa shape index (κ3) is 4.55. The van der Waals surface area contributed by atoms with Crippen molar-refractivity contribution in [2.24, 2.45) is 0 Å². The highest BCUT2D eigenvalue weighted by Gasteiger charge is 2.13. The van der Waals surface area contributed by atoms with Gasteiger partial charge in [-0.25, -0.2) is 9.18 Å². The average Bonchev–Trinajstić information content (AvgIpc) is 2.57. The monoisotopic (exact) mass is 330 g/mol. The minimum absolute atomic E-state index is 0.215. The molecule has 0 aliphatic carbocycles. The SMILES string of the molecule is COC(=O)c1cc(NC(=O)CCNc2ccccc2C)ccc1F. The summed E-state index contributed by atoms with van der Waals surface area (Å²) in [6, 6.07) is 11.6. The van der Waals surface area contributed by atoms with Crippen LogP contribution >= 0.6 is 0 Å². The van der Waals surface area contributed by atoms with Crippen molar-refractivity contribution in [2.45, 2.75) is 13.3 Å². The lowest BCUT2D eigenvalue weighted by molar-refractivity contribution is -0.115. The summed E-state index contributed by atoms with van der Waals surface area (Å²) < 4.78 is 18.0. The van der Waals surface area contributed by atoms with Crippen molar-refractivity contribution < 1.29 is 18.7 Å². The standard InChI is InChI=1S/C18H19FN2O3/c1-12-5-3-4-6-16(12)20-10-9-17(22)21-13-7-8-15(19)14(11-13)18(23)24-2/h3-8,11,20H,9-10H2,1-2H3,(H,21,22). The Labute approximate surface area is 139 Å². The first-order valence-corrected chi connectivity index (χ1v) is 7.48. The second-order valence-corrected chi connectivity index (χ2v) is 5.23. The van der Waals surface area contributed by atoms with E-state index < -0.39 is 11.8 Å². The molecule has 2 rings (SSSR count). The highest BCUT2D eigenvalue weighted by Crippen LogP contribution is 2.16. The van der Waals surface area contributed by atoms with Crippen molar-refractivity contribution in [3.8, 4) is 0 Å². The summed E-state index contributed by atoms with van der Waals surface area (Å²) in [5, 5.41) is 5.82. The second kappa shape index (κ2) is 8.10. The van der Waals surface area contributed by atoms with Crippen LogP contribution in [0, 0.1) is 12.7 Å². The van der Waals surface area contributed by atoms with Crippen LogP contribution in [0.5, 0.6) is 0 Å². The Morgan fingerprint density at radius 1 is 1.17 bits per heavy atom. The fourth-order valence-corrected chi connectivity index (χ4v) is 2.17. The maximum atomic E-state index is 13.5. The summed E-state index contributed by atoms with van der Waals surface area (Å²) in [6.07, 6.45) is 0.235. The molecule has 0 aliphatic heterocycles. The number of para-hydroxylation sites is 1. The van der Waals surface area contributed by atoms with E-state index in [0.717, 1.165) is 17.3 Å². The van der Waals surface area contributed by atoms with Crippen molar-refractivity contribution in [3.05, 3.63) is 59.4 Å². The second-order valence-electron chi connectivity index (χ2n) is 5.23. The third-order valence-corrected chi connectivity index (χ3v) is 3.47. The van der Waals surface area contributed by atoms with Gasteiger partial charge in [0.25, 0.3) is 0 Å². The van der Waals surface area contributed by atoms with Crippen LogP contribution in [0.25, 0.3) is 0 Å². The van der Waals surface area contributed by atoms with Gasteiger partial charge in [-0.15, -0.1) is 0 Å². The summed E-state index contributed by atoms with van der Waals surface area (Å²) in [5.74, 6) is -1.72. The molecule has 24 heavy (non-hydrogen) atoms. The number of ether oxygens (including phenoxy) is 1. The number of carbonyl (C=O) groups excluding carboxylic acids is 2. The van der Waals surface area contributed by atoms with Crippen LogP contribution < -0.4 is 10.6 Å². The van der Waals surface area contributed by atoms with Crippen LogP contribution in [0.4, 0.5) is 15.8 Å². The number of rotatable bonds is 6. The zero-order valence-corrected chi connectivity index (χ0v) is 13.6. The fraction of sp³-hybridized carbons (Fsp3) is 0.222. The predicted molar refractivity (Wildman–Crippen MR) is 90.7 cm³/mol. The molecule has 5 nitrogen and oxygen atoms in total. The van der Waals surface area contributed by atoms with Gasteiger partial charge in [-0.2, -0.15) is 0 Å². The first kappa shape index (κ1) is 17.5. The smallest absolute Gasteiger partial charge is 0.340 e. The zero-order chi connectivity index (χ0) is 17.5. The largest absolute Gasteiger partial charge is 0.465 e. The Hall–Kier alpha value is -2.89. The third-order valence-electron chi connectivity index (χ3n) is 3.47. The van der Waals surface area contributed by atoms with E-state index >= 15 is 0 Å². The molecule has 2 N–H and O–H groups in total. The molecule has 0 saturated heterocycles. The molecule has 0 atom stereocenters. The van der Waals surface area contributed by atoms with Crippen LogP contribution in [0.15, 0.2) is 42.5 Å². The van der Waals surface area contributed by atoms with Gasteiger partial charge >= 0.3 is 5.97 Å². The zero-order valence-electron chi connectivity index (χ0n) is 13.6. The van der Waals surface area contributed by atoms with Crippen molar-refractivity contribution in [3.63, 3.8) is 0 Å². The summed E-state index contributed by atoms with van der Waals surface area (Å²) in [7, 11) is 1.17. The molecule has 0 spiro atoms. The molecular formula is C18H19FN2O3. The summed E-state index contributed by atoms with van der Waals surface area (Å²) >= 11 is 0. The number of amides is 1. The summed E-state index contributed by atoms with van der Waals surface area (Å²) in [4.78, 5) is 23.4. The van der Waals surface area contributed by atoms with Gasteiger partial charge in [0.2, 0.25) is 5.91 Å². The van der Waals surface area contributed by atoms with Crippen molar-refractivity contribution >= 4 is 23.3 Å². The molecule has 0 heterocycles. The Bertz CT molecular complexity index is 747. The van der Waals surface area contributed by atoms with E-state index in [1.807, 2.05) is 31.2 Å². The Balaban J connectivity index is 1.91. The topological polar surface area (TPSA) is 67.4 Å². The molecule has 126 valence electrons. The highest BCUT2D eigenvalue weighted by atomic mass is 19.1. The van der Waals surface area contributed by atoms with Crippen LogP contribution in [-0.2, 0) is 9.53 Å². The van der Waals surface area contributed by atoms with E-state index in [1.165, 1.54) is 19.2 Å². The number of halogens is 1. The number of carbonyl (C=O) groups is 2. The lowest BCUT2D eigenvalue weighted by atomic mass is 10.2. The molecule has 0 radical (unpaired) electrons. The van der Waals surface area contributed by atoms with Gasteiger partial charge in [-0.05, 0) is 36.8 Å². The van der Waals surface area contributed by atoms with Gasteiger partial charge in [0.15, 0.2) is 0 Å². The number of benzene rings is 2. The van der Waals surface area contributed by atoms with Gasteiger partial charge in [0, 0.05) is 24.3 Å². The molecule has 0 bridgehead atoms. The van der Waals surface area contributed by atoms with Crippen LogP contribution in [0.2, 0.25) is 0 Å². The van der Waals surface area contributed by atoms with Crippen molar-refractivity contribution in [2.75, 3.05) is 24.3 Å². The molecule has 2 aromatic carbocycles. The molecule has 0 aromatic heterocycles. The van der Waals surface area contributed by atoms with Gasteiger partial charge in [0.05, 0.1) is 12.7 Å². The molecule has 1 amide bonds.